The lowest BCUT2D eigenvalue weighted by Crippen LogP contribution is -2.42. The van der Waals surface area contributed by atoms with Crippen LogP contribution in [0.3, 0.4) is 0 Å². The average molecular weight is 411 g/mol. The summed E-state index contributed by atoms with van der Waals surface area (Å²) in [6.07, 6.45) is 0. The highest BCUT2D eigenvalue weighted by molar-refractivity contribution is 7.93. The molecule has 0 aromatic heterocycles. The number of nitro groups is 1. The molecule has 27 heavy (non-hydrogen) atoms. The summed E-state index contributed by atoms with van der Waals surface area (Å²) in [5.41, 5.74) is 0.648. The van der Waals surface area contributed by atoms with Crippen LogP contribution in [0.25, 0.3) is 0 Å². The van der Waals surface area contributed by atoms with Crippen LogP contribution in [0.4, 0.5) is 11.4 Å². The van der Waals surface area contributed by atoms with Crippen molar-refractivity contribution in [3.05, 3.63) is 64.2 Å². The van der Waals surface area contributed by atoms with Crippen LogP contribution in [-0.4, -0.2) is 24.6 Å². The van der Waals surface area contributed by atoms with Crippen LogP contribution in [-0.2, 0) is 14.8 Å². The van der Waals surface area contributed by atoms with Crippen molar-refractivity contribution >= 4 is 38.2 Å². The van der Waals surface area contributed by atoms with Gasteiger partial charge in [0.25, 0.3) is 15.7 Å². The lowest BCUT2D eigenvalue weighted by atomic mass is 10.0. The van der Waals surface area contributed by atoms with Gasteiger partial charge in [-0.2, -0.15) is 0 Å². The standard InChI is InChI=1S/C18H19ClN2O5S/c1-12(2)16-9-4-5-10-17(16)20(13(3)18(19)22)27(25,26)15-8-6-7-14(11-15)21(23)24/h4-13H,1-3H3. The van der Waals surface area contributed by atoms with Crippen molar-refractivity contribution in [2.45, 2.75) is 37.6 Å². The van der Waals surface area contributed by atoms with Gasteiger partial charge in [0.05, 0.1) is 15.5 Å². The van der Waals surface area contributed by atoms with E-state index in [-0.39, 0.29) is 16.5 Å². The fourth-order valence-electron chi connectivity index (χ4n) is 2.69. The number of benzene rings is 2. The summed E-state index contributed by atoms with van der Waals surface area (Å²) in [5.74, 6) is -0.0263. The monoisotopic (exact) mass is 410 g/mol. The minimum atomic E-state index is -4.29. The van der Waals surface area contributed by atoms with Crippen molar-refractivity contribution in [3.63, 3.8) is 0 Å². The van der Waals surface area contributed by atoms with Gasteiger partial charge in [0.2, 0.25) is 5.24 Å². The van der Waals surface area contributed by atoms with Crippen molar-refractivity contribution in [3.8, 4) is 0 Å². The maximum Gasteiger partial charge on any atom is 0.270 e. The predicted molar refractivity (Wildman–Crippen MR) is 104 cm³/mol. The van der Waals surface area contributed by atoms with Crippen LogP contribution in [0.1, 0.15) is 32.3 Å². The number of hydrogen-bond donors (Lipinski definition) is 0. The number of nitrogens with zero attached hydrogens (tertiary/aromatic N) is 2. The van der Waals surface area contributed by atoms with Crippen LogP contribution in [0.2, 0.25) is 0 Å². The van der Waals surface area contributed by atoms with Crippen LogP contribution >= 0.6 is 11.6 Å². The van der Waals surface area contributed by atoms with E-state index in [4.69, 9.17) is 11.6 Å². The molecule has 2 rings (SSSR count). The Kier molecular flexibility index (Phi) is 6.22. The molecule has 0 saturated carbocycles. The summed E-state index contributed by atoms with van der Waals surface area (Å²) in [6.45, 7) is 5.16. The normalized spacial score (nSPS) is 12.6. The van der Waals surface area contributed by atoms with E-state index in [2.05, 4.69) is 0 Å². The van der Waals surface area contributed by atoms with Gasteiger partial charge in [-0.1, -0.05) is 38.1 Å². The summed E-state index contributed by atoms with van der Waals surface area (Å²) in [4.78, 5) is 21.9. The molecule has 0 saturated heterocycles. The highest BCUT2D eigenvalue weighted by Gasteiger charge is 2.35. The minimum absolute atomic E-state index is 0.0263. The lowest BCUT2D eigenvalue weighted by molar-refractivity contribution is -0.385. The Labute approximate surface area is 162 Å². The van der Waals surface area contributed by atoms with Crippen molar-refractivity contribution in [1.29, 1.82) is 0 Å². The molecule has 0 bridgehead atoms. The molecule has 9 heteroatoms. The van der Waals surface area contributed by atoms with Crippen LogP contribution in [0.5, 0.6) is 0 Å². The van der Waals surface area contributed by atoms with Crippen molar-refractivity contribution in [1.82, 2.24) is 0 Å². The van der Waals surface area contributed by atoms with Gasteiger partial charge in [-0.05, 0) is 42.1 Å². The third kappa shape index (κ3) is 4.28. The molecular formula is C18H19ClN2O5S. The van der Waals surface area contributed by atoms with Gasteiger partial charge in [-0.25, -0.2) is 8.42 Å². The molecule has 1 atom stereocenters. The Morgan fingerprint density at radius 3 is 2.30 bits per heavy atom. The maximum absolute atomic E-state index is 13.3. The van der Waals surface area contributed by atoms with Gasteiger partial charge >= 0.3 is 0 Å². The summed E-state index contributed by atoms with van der Waals surface area (Å²) in [7, 11) is -4.29. The molecule has 0 fully saturated rings. The second-order valence-electron chi connectivity index (χ2n) is 6.25. The van der Waals surface area contributed by atoms with E-state index in [9.17, 15) is 23.3 Å². The summed E-state index contributed by atoms with van der Waals surface area (Å²) < 4.78 is 27.6. The zero-order valence-corrected chi connectivity index (χ0v) is 16.6. The summed E-state index contributed by atoms with van der Waals surface area (Å²) >= 11 is 5.63. The van der Waals surface area contributed by atoms with E-state index in [1.54, 1.807) is 24.3 Å². The summed E-state index contributed by atoms with van der Waals surface area (Å²) in [6, 6.07) is 10.3. The van der Waals surface area contributed by atoms with E-state index in [0.29, 0.717) is 11.3 Å². The molecule has 0 spiro atoms. The zero-order chi connectivity index (χ0) is 20.4. The number of nitro benzene ring substituents is 1. The zero-order valence-electron chi connectivity index (χ0n) is 15.0. The number of non-ortho nitro benzene ring substituents is 1. The minimum Gasteiger partial charge on any atom is -0.279 e. The molecule has 0 amide bonds. The Bertz CT molecular complexity index is 975. The number of halogens is 1. The van der Waals surface area contributed by atoms with Crippen molar-refractivity contribution in [2.24, 2.45) is 0 Å². The Morgan fingerprint density at radius 2 is 1.74 bits per heavy atom. The lowest BCUT2D eigenvalue weighted by Gasteiger charge is -2.31. The smallest absolute Gasteiger partial charge is 0.270 e. The molecule has 0 aliphatic carbocycles. The topological polar surface area (TPSA) is 97.6 Å². The number of sulfonamides is 1. The first-order valence-corrected chi connectivity index (χ1v) is 9.96. The van der Waals surface area contributed by atoms with Crippen LogP contribution < -0.4 is 4.31 Å². The predicted octanol–water partition coefficient (Wildman–Crippen LogP) is 4.07. The fraction of sp³-hybridized carbons (Fsp3) is 0.278. The van der Waals surface area contributed by atoms with Gasteiger partial charge < -0.3 is 0 Å². The van der Waals surface area contributed by atoms with Gasteiger partial charge in [0.1, 0.15) is 6.04 Å². The molecule has 0 radical (unpaired) electrons. The number of para-hydroxylation sites is 1. The first-order valence-electron chi connectivity index (χ1n) is 8.14. The molecule has 144 valence electrons. The van der Waals surface area contributed by atoms with E-state index < -0.39 is 26.2 Å². The summed E-state index contributed by atoms with van der Waals surface area (Å²) in [5, 5.41) is 10.2. The number of carbonyl (C=O) groups is 1. The number of carbonyl (C=O) groups excluding carboxylic acids is 1. The Balaban J connectivity index is 2.74. The second kappa shape index (κ2) is 8.06. The van der Waals surface area contributed by atoms with Gasteiger partial charge in [0.15, 0.2) is 0 Å². The second-order valence-corrected chi connectivity index (χ2v) is 8.44. The van der Waals surface area contributed by atoms with E-state index in [1.165, 1.54) is 25.1 Å². The van der Waals surface area contributed by atoms with Gasteiger partial charge in [-0.15, -0.1) is 0 Å². The number of rotatable bonds is 7. The molecular weight excluding hydrogens is 392 g/mol. The molecule has 1 unspecified atom stereocenters. The Morgan fingerprint density at radius 1 is 1.11 bits per heavy atom. The Hall–Kier alpha value is -2.45. The van der Waals surface area contributed by atoms with Gasteiger partial charge in [0, 0.05) is 12.1 Å². The van der Waals surface area contributed by atoms with Crippen LogP contribution in [0, 0.1) is 10.1 Å². The first kappa shape index (κ1) is 20.9. The fourth-order valence-corrected chi connectivity index (χ4v) is 4.53. The van der Waals surface area contributed by atoms with E-state index >= 15 is 0 Å². The third-order valence-electron chi connectivity index (χ3n) is 4.06. The average Bonchev–Trinajstić information content (AvgIpc) is 2.61. The molecule has 7 nitrogen and oxygen atoms in total. The van der Waals surface area contributed by atoms with Gasteiger partial charge in [-0.3, -0.25) is 19.2 Å². The molecule has 0 aliphatic heterocycles. The first-order chi connectivity index (χ1) is 12.6. The molecule has 2 aromatic rings. The van der Waals surface area contributed by atoms with Crippen LogP contribution in [0.15, 0.2) is 53.4 Å². The van der Waals surface area contributed by atoms with E-state index in [1.807, 2.05) is 13.8 Å². The van der Waals surface area contributed by atoms with Crippen molar-refractivity contribution < 1.29 is 18.1 Å². The molecule has 0 N–H and O–H groups in total. The number of hydrogen-bond acceptors (Lipinski definition) is 5. The molecule has 0 heterocycles. The van der Waals surface area contributed by atoms with Crippen molar-refractivity contribution in [2.75, 3.05) is 4.31 Å². The quantitative estimate of drug-likeness (QED) is 0.389. The highest BCUT2D eigenvalue weighted by atomic mass is 35.5. The largest absolute Gasteiger partial charge is 0.279 e. The maximum atomic E-state index is 13.3. The third-order valence-corrected chi connectivity index (χ3v) is 6.26. The molecule has 0 aliphatic rings. The SMILES string of the molecule is CC(C)c1ccccc1N(C(C)C(=O)Cl)S(=O)(=O)c1cccc([N+](=O)[O-])c1. The van der Waals surface area contributed by atoms with E-state index in [0.717, 1.165) is 10.4 Å². The molecule has 2 aromatic carbocycles. The highest BCUT2D eigenvalue weighted by Crippen LogP contribution is 2.34. The number of anilines is 1.